The van der Waals surface area contributed by atoms with E-state index in [1.54, 1.807) is 4.90 Å². The van der Waals surface area contributed by atoms with Crippen molar-refractivity contribution in [2.75, 3.05) is 45.9 Å². The largest absolute Gasteiger partial charge is 0.491 e. The summed E-state index contributed by atoms with van der Waals surface area (Å²) in [6.07, 6.45) is 6.76. The minimum absolute atomic E-state index is 0.0871. The topological polar surface area (TPSA) is 65.5 Å². The van der Waals surface area contributed by atoms with Crippen LogP contribution in [0.2, 0.25) is 0 Å². The number of likely N-dealkylation sites (tertiary alicyclic amines) is 1. The first-order valence-electron chi connectivity index (χ1n) is 14.1. The normalized spacial score (nSPS) is 22.4. The van der Waals surface area contributed by atoms with Crippen LogP contribution in [0.3, 0.4) is 0 Å². The second kappa shape index (κ2) is 11.0. The first kappa shape index (κ1) is 24.7. The Morgan fingerprint density at radius 1 is 0.973 bits per heavy atom. The van der Waals surface area contributed by atoms with Crippen molar-refractivity contribution < 1.29 is 19.4 Å². The number of β-amino-alcohol motifs (C(OH)–C–C–N with tert-alkyl or cyclic N) is 1. The fourth-order valence-electron chi connectivity index (χ4n) is 6.21. The Morgan fingerprint density at radius 2 is 1.78 bits per heavy atom. The Kier molecular flexibility index (Phi) is 7.36. The summed E-state index contributed by atoms with van der Waals surface area (Å²) in [5.41, 5.74) is 3.27. The van der Waals surface area contributed by atoms with Crippen molar-refractivity contribution in [1.82, 2.24) is 14.7 Å². The number of ether oxygens (including phenoxy) is 2. The standard InChI is InChI=1S/C30H39N3O4/c34-25(20-31-13-10-22-4-1-2-5-23(22)19-31)21-33-16-17-36-29-18-27(8-9-28(29)30(33)35)37-26-11-14-32(15-12-26)24-6-3-7-24/h1-2,4-5,8-9,18,24-26,34H,3,6-7,10-17,19-21H2. The Bertz CT molecular complexity index is 1100. The molecular weight excluding hydrogens is 466 g/mol. The third-order valence-electron chi connectivity index (χ3n) is 8.57. The number of fused-ring (bicyclic) bond motifs is 2. The highest BCUT2D eigenvalue weighted by Gasteiger charge is 2.30. The van der Waals surface area contributed by atoms with Gasteiger partial charge in [-0.3, -0.25) is 9.69 Å². The third-order valence-corrected chi connectivity index (χ3v) is 8.57. The lowest BCUT2D eigenvalue weighted by molar-refractivity contribution is 0.0492. The van der Waals surface area contributed by atoms with Crippen molar-refractivity contribution in [2.45, 2.75) is 63.3 Å². The molecule has 7 heteroatoms. The van der Waals surface area contributed by atoms with Gasteiger partial charge in [0.2, 0.25) is 0 Å². The molecule has 6 rings (SSSR count). The number of carbonyl (C=O) groups excluding carboxylic acids is 1. The molecule has 0 aromatic heterocycles. The fraction of sp³-hybridized carbons (Fsp3) is 0.567. The van der Waals surface area contributed by atoms with E-state index in [1.165, 1.54) is 30.4 Å². The SMILES string of the molecule is O=C1c2ccc(OC3CCN(C4CCC4)CC3)cc2OCCN1CC(O)CN1CCc2ccccc2C1. The van der Waals surface area contributed by atoms with E-state index in [-0.39, 0.29) is 12.0 Å². The Balaban J connectivity index is 1.03. The molecule has 1 atom stereocenters. The fourth-order valence-corrected chi connectivity index (χ4v) is 6.21. The van der Waals surface area contributed by atoms with Crippen LogP contribution in [0, 0.1) is 0 Å². The van der Waals surface area contributed by atoms with Crippen LogP contribution in [-0.2, 0) is 13.0 Å². The molecule has 1 N–H and O–H groups in total. The van der Waals surface area contributed by atoms with Crippen molar-refractivity contribution in [3.05, 3.63) is 59.2 Å². The molecule has 1 saturated carbocycles. The van der Waals surface area contributed by atoms with Gasteiger partial charge >= 0.3 is 0 Å². The highest BCUT2D eigenvalue weighted by atomic mass is 16.5. The van der Waals surface area contributed by atoms with Crippen LogP contribution < -0.4 is 9.47 Å². The first-order chi connectivity index (χ1) is 18.1. The van der Waals surface area contributed by atoms with Gasteiger partial charge in [0.05, 0.1) is 18.2 Å². The van der Waals surface area contributed by atoms with Crippen molar-refractivity contribution in [1.29, 1.82) is 0 Å². The van der Waals surface area contributed by atoms with E-state index in [9.17, 15) is 9.90 Å². The first-order valence-corrected chi connectivity index (χ1v) is 14.1. The van der Waals surface area contributed by atoms with Crippen molar-refractivity contribution >= 4 is 5.91 Å². The molecule has 3 heterocycles. The summed E-state index contributed by atoms with van der Waals surface area (Å²) in [5.74, 6) is 1.27. The molecule has 1 saturated heterocycles. The number of rotatable bonds is 7. The van der Waals surface area contributed by atoms with Crippen LogP contribution in [0.5, 0.6) is 11.5 Å². The number of benzene rings is 2. The summed E-state index contributed by atoms with van der Waals surface area (Å²) in [6.45, 7) is 5.71. The predicted molar refractivity (Wildman–Crippen MR) is 142 cm³/mol. The number of carbonyl (C=O) groups is 1. The summed E-state index contributed by atoms with van der Waals surface area (Å²) < 4.78 is 12.3. The molecule has 1 unspecified atom stereocenters. The van der Waals surface area contributed by atoms with E-state index in [0.717, 1.165) is 57.2 Å². The van der Waals surface area contributed by atoms with E-state index in [1.807, 2.05) is 18.2 Å². The van der Waals surface area contributed by atoms with Crippen molar-refractivity contribution in [3.63, 3.8) is 0 Å². The highest BCUT2D eigenvalue weighted by Crippen LogP contribution is 2.32. The molecule has 1 aliphatic carbocycles. The molecule has 37 heavy (non-hydrogen) atoms. The van der Waals surface area contributed by atoms with Gasteiger partial charge in [-0.2, -0.15) is 0 Å². The molecule has 2 aromatic carbocycles. The Morgan fingerprint density at radius 3 is 2.57 bits per heavy atom. The van der Waals surface area contributed by atoms with Crippen LogP contribution in [0.15, 0.2) is 42.5 Å². The van der Waals surface area contributed by atoms with Gasteiger partial charge in [-0.05, 0) is 55.4 Å². The van der Waals surface area contributed by atoms with E-state index in [0.29, 0.717) is 37.6 Å². The average Bonchev–Trinajstić information content (AvgIpc) is 3.02. The summed E-state index contributed by atoms with van der Waals surface area (Å²) >= 11 is 0. The van der Waals surface area contributed by atoms with Gasteiger partial charge in [-0.15, -0.1) is 0 Å². The number of piperidine rings is 1. The number of amides is 1. The molecule has 1 amide bonds. The summed E-state index contributed by atoms with van der Waals surface area (Å²) in [5, 5.41) is 10.9. The predicted octanol–water partition coefficient (Wildman–Crippen LogP) is 3.34. The highest BCUT2D eigenvalue weighted by molar-refractivity contribution is 5.97. The van der Waals surface area contributed by atoms with Crippen LogP contribution in [0.1, 0.15) is 53.6 Å². The molecule has 2 aromatic rings. The molecule has 0 bridgehead atoms. The minimum Gasteiger partial charge on any atom is -0.491 e. The minimum atomic E-state index is -0.607. The lowest BCUT2D eigenvalue weighted by Gasteiger charge is -2.41. The van der Waals surface area contributed by atoms with E-state index in [2.05, 4.69) is 34.1 Å². The van der Waals surface area contributed by atoms with Crippen molar-refractivity contribution in [2.24, 2.45) is 0 Å². The molecular formula is C30H39N3O4. The monoisotopic (exact) mass is 505 g/mol. The number of aliphatic hydroxyl groups is 1. The van der Waals surface area contributed by atoms with Gasteiger partial charge in [0, 0.05) is 51.4 Å². The smallest absolute Gasteiger partial charge is 0.257 e. The zero-order valence-electron chi connectivity index (χ0n) is 21.7. The molecule has 3 aliphatic heterocycles. The van der Waals surface area contributed by atoms with Gasteiger partial charge in [0.1, 0.15) is 24.2 Å². The van der Waals surface area contributed by atoms with Gasteiger partial charge < -0.3 is 24.4 Å². The zero-order chi connectivity index (χ0) is 25.2. The van der Waals surface area contributed by atoms with Gasteiger partial charge in [-0.1, -0.05) is 30.7 Å². The van der Waals surface area contributed by atoms with Crippen molar-refractivity contribution in [3.8, 4) is 11.5 Å². The maximum Gasteiger partial charge on any atom is 0.257 e. The molecule has 0 spiro atoms. The van der Waals surface area contributed by atoms with Crippen LogP contribution in [0.4, 0.5) is 0 Å². The zero-order valence-corrected chi connectivity index (χ0v) is 21.7. The number of hydrogen-bond donors (Lipinski definition) is 1. The lowest BCUT2D eigenvalue weighted by atomic mass is 9.90. The summed E-state index contributed by atoms with van der Waals surface area (Å²) in [6, 6.07) is 14.9. The van der Waals surface area contributed by atoms with Crippen LogP contribution in [0.25, 0.3) is 0 Å². The van der Waals surface area contributed by atoms with Crippen LogP contribution >= 0.6 is 0 Å². The Hall–Kier alpha value is -2.61. The average molecular weight is 506 g/mol. The second-order valence-corrected chi connectivity index (χ2v) is 11.1. The maximum atomic E-state index is 13.3. The van der Waals surface area contributed by atoms with E-state index in [4.69, 9.17) is 9.47 Å². The van der Waals surface area contributed by atoms with Gasteiger partial charge in [0.15, 0.2) is 0 Å². The number of aliphatic hydroxyl groups excluding tert-OH is 1. The quantitative estimate of drug-likeness (QED) is 0.623. The van der Waals surface area contributed by atoms with E-state index < -0.39 is 6.10 Å². The summed E-state index contributed by atoms with van der Waals surface area (Å²) in [7, 11) is 0. The molecule has 2 fully saturated rings. The van der Waals surface area contributed by atoms with Gasteiger partial charge in [0.25, 0.3) is 5.91 Å². The third kappa shape index (κ3) is 5.64. The van der Waals surface area contributed by atoms with E-state index >= 15 is 0 Å². The van der Waals surface area contributed by atoms with Gasteiger partial charge in [-0.25, -0.2) is 0 Å². The molecule has 0 radical (unpaired) electrons. The molecule has 198 valence electrons. The second-order valence-electron chi connectivity index (χ2n) is 11.1. The maximum absolute atomic E-state index is 13.3. The van der Waals surface area contributed by atoms with Crippen LogP contribution in [-0.4, -0.2) is 89.8 Å². The summed E-state index contributed by atoms with van der Waals surface area (Å²) in [4.78, 5) is 20.0. The molecule has 4 aliphatic rings. The number of hydrogen-bond acceptors (Lipinski definition) is 6. The number of nitrogens with zero attached hydrogens (tertiary/aromatic N) is 3. The Labute approximate surface area is 219 Å². The molecule has 7 nitrogen and oxygen atoms in total. The lowest BCUT2D eigenvalue weighted by Crippen LogP contribution is -2.46.